The van der Waals surface area contributed by atoms with E-state index in [1.54, 1.807) is 27.7 Å². The van der Waals surface area contributed by atoms with Crippen molar-refractivity contribution in [3.63, 3.8) is 0 Å². The van der Waals surface area contributed by atoms with E-state index in [9.17, 15) is 9.59 Å². The van der Waals surface area contributed by atoms with E-state index in [0.29, 0.717) is 5.71 Å². The monoisotopic (exact) mass is 335 g/mol. The van der Waals surface area contributed by atoms with Crippen LogP contribution in [-0.2, 0) is 14.4 Å². The van der Waals surface area contributed by atoms with Crippen molar-refractivity contribution in [3.8, 4) is 0 Å². The van der Waals surface area contributed by atoms with Crippen molar-refractivity contribution in [1.29, 1.82) is 0 Å². The molecule has 0 spiro atoms. The van der Waals surface area contributed by atoms with Gasteiger partial charge in [-0.25, -0.2) is 4.79 Å². The van der Waals surface area contributed by atoms with Gasteiger partial charge in [-0.2, -0.15) is 0 Å². The lowest BCUT2D eigenvalue weighted by molar-refractivity contribution is -0.122. The van der Waals surface area contributed by atoms with Crippen molar-refractivity contribution in [2.24, 2.45) is 5.16 Å². The fraction of sp³-hybridized carbons (Fsp3) is 0.471. The fourth-order valence-corrected chi connectivity index (χ4v) is 1.80. The number of carbonyl (C=O) groups excluding carboxylic acids is 2. The molecule has 0 radical (unpaired) electrons. The van der Waals surface area contributed by atoms with Gasteiger partial charge in [-0.15, -0.1) is 0 Å². The Morgan fingerprint density at radius 3 is 2.38 bits per heavy atom. The van der Waals surface area contributed by atoms with Gasteiger partial charge in [0.2, 0.25) is 5.91 Å². The number of alkyl carbamates (subject to hydrolysis) is 1. The van der Waals surface area contributed by atoms with E-state index in [-0.39, 0.29) is 12.5 Å². The van der Waals surface area contributed by atoms with E-state index < -0.39 is 17.7 Å². The van der Waals surface area contributed by atoms with Crippen LogP contribution >= 0.6 is 0 Å². The zero-order valence-electron chi connectivity index (χ0n) is 14.8. The average molecular weight is 335 g/mol. The largest absolute Gasteiger partial charge is 0.444 e. The van der Waals surface area contributed by atoms with Gasteiger partial charge in [-0.05, 0) is 27.7 Å². The smallest absolute Gasteiger partial charge is 0.408 e. The van der Waals surface area contributed by atoms with Crippen LogP contribution in [0.4, 0.5) is 4.79 Å². The topological polar surface area (TPSA) is 89.0 Å². The SMILES string of the molecule is CON=C(CNC(=O)C(C)NC(=O)OC(C)(C)C)c1ccccc1. The van der Waals surface area contributed by atoms with Crippen LogP contribution in [0.25, 0.3) is 0 Å². The number of carbonyl (C=O) groups is 2. The van der Waals surface area contributed by atoms with Crippen LogP contribution in [-0.4, -0.2) is 43.0 Å². The zero-order valence-corrected chi connectivity index (χ0v) is 14.8. The zero-order chi connectivity index (χ0) is 18.2. The molecule has 0 aliphatic rings. The first kappa shape index (κ1) is 19.5. The summed E-state index contributed by atoms with van der Waals surface area (Å²) in [5.74, 6) is -0.347. The van der Waals surface area contributed by atoms with Crippen LogP contribution in [0.5, 0.6) is 0 Å². The lowest BCUT2D eigenvalue weighted by Gasteiger charge is -2.21. The molecule has 0 aromatic heterocycles. The minimum absolute atomic E-state index is 0.178. The minimum Gasteiger partial charge on any atom is -0.444 e. The molecule has 0 saturated carbocycles. The van der Waals surface area contributed by atoms with E-state index in [4.69, 9.17) is 9.57 Å². The number of hydrogen-bond donors (Lipinski definition) is 2. The Labute approximate surface area is 142 Å². The van der Waals surface area contributed by atoms with Crippen molar-refractivity contribution in [3.05, 3.63) is 35.9 Å². The number of amides is 2. The number of oxime groups is 1. The molecule has 1 rings (SSSR count). The quantitative estimate of drug-likeness (QED) is 0.615. The lowest BCUT2D eigenvalue weighted by atomic mass is 10.1. The first-order valence-electron chi connectivity index (χ1n) is 7.65. The highest BCUT2D eigenvalue weighted by molar-refractivity contribution is 6.03. The third kappa shape index (κ3) is 7.13. The summed E-state index contributed by atoms with van der Waals surface area (Å²) in [6, 6.07) is 8.63. The van der Waals surface area contributed by atoms with E-state index in [0.717, 1.165) is 5.56 Å². The maximum absolute atomic E-state index is 12.1. The van der Waals surface area contributed by atoms with E-state index in [2.05, 4.69) is 15.8 Å². The van der Waals surface area contributed by atoms with Crippen LogP contribution in [0.15, 0.2) is 35.5 Å². The molecule has 0 bridgehead atoms. The van der Waals surface area contributed by atoms with Crippen molar-refractivity contribution >= 4 is 17.7 Å². The van der Waals surface area contributed by atoms with Gasteiger partial charge >= 0.3 is 6.09 Å². The number of nitrogens with one attached hydrogen (secondary N) is 2. The van der Waals surface area contributed by atoms with Crippen LogP contribution in [0.3, 0.4) is 0 Å². The number of benzene rings is 1. The number of nitrogens with zero attached hydrogens (tertiary/aromatic N) is 1. The number of rotatable bonds is 6. The summed E-state index contributed by atoms with van der Waals surface area (Å²) >= 11 is 0. The molecule has 0 aliphatic carbocycles. The Kier molecular flexibility index (Phi) is 7.23. The van der Waals surface area contributed by atoms with Crippen LogP contribution in [0.1, 0.15) is 33.3 Å². The molecule has 0 saturated heterocycles. The summed E-state index contributed by atoms with van der Waals surface area (Å²) in [5, 5.41) is 9.13. The first-order chi connectivity index (χ1) is 11.2. The molecule has 2 N–H and O–H groups in total. The summed E-state index contributed by atoms with van der Waals surface area (Å²) < 4.78 is 5.12. The molecule has 2 amide bonds. The van der Waals surface area contributed by atoms with E-state index in [1.807, 2.05) is 30.3 Å². The Morgan fingerprint density at radius 1 is 1.21 bits per heavy atom. The van der Waals surface area contributed by atoms with E-state index in [1.165, 1.54) is 7.11 Å². The molecule has 7 heteroatoms. The van der Waals surface area contributed by atoms with Gasteiger partial charge in [0, 0.05) is 5.56 Å². The normalized spacial score (nSPS) is 13.0. The summed E-state index contributed by atoms with van der Waals surface area (Å²) in [6.07, 6.45) is -0.640. The molecule has 0 fully saturated rings. The molecule has 0 aliphatic heterocycles. The Hall–Kier alpha value is -2.57. The lowest BCUT2D eigenvalue weighted by Crippen LogP contribution is -2.47. The second-order valence-corrected chi connectivity index (χ2v) is 6.17. The Bertz CT molecular complexity index is 579. The second-order valence-electron chi connectivity index (χ2n) is 6.17. The van der Waals surface area contributed by atoms with Gasteiger partial charge < -0.3 is 20.2 Å². The maximum Gasteiger partial charge on any atom is 0.408 e. The molecular formula is C17H25N3O4. The molecule has 7 nitrogen and oxygen atoms in total. The summed E-state index contributed by atoms with van der Waals surface area (Å²) in [4.78, 5) is 28.6. The summed E-state index contributed by atoms with van der Waals surface area (Å²) in [6.45, 7) is 7.02. The van der Waals surface area contributed by atoms with Crippen LogP contribution in [0.2, 0.25) is 0 Å². The van der Waals surface area contributed by atoms with Crippen molar-refractivity contribution in [1.82, 2.24) is 10.6 Å². The van der Waals surface area contributed by atoms with Gasteiger partial charge in [0.25, 0.3) is 0 Å². The Morgan fingerprint density at radius 2 is 1.83 bits per heavy atom. The third-order valence-corrected chi connectivity index (χ3v) is 2.87. The summed E-state index contributed by atoms with van der Waals surface area (Å²) in [7, 11) is 1.44. The standard InChI is InChI=1S/C17H25N3O4/c1-12(19-16(22)24-17(2,3)4)15(21)18-11-14(20-23-5)13-9-7-6-8-10-13/h6-10,12H,11H2,1-5H3,(H,18,21)(H,19,22). The number of hydrogen-bond acceptors (Lipinski definition) is 5. The highest BCUT2D eigenvalue weighted by Crippen LogP contribution is 2.06. The third-order valence-electron chi connectivity index (χ3n) is 2.87. The summed E-state index contributed by atoms with van der Waals surface area (Å²) in [5.41, 5.74) is 0.801. The molecule has 132 valence electrons. The fourth-order valence-electron chi connectivity index (χ4n) is 1.80. The van der Waals surface area contributed by atoms with Crippen LogP contribution < -0.4 is 10.6 Å². The molecule has 1 aromatic carbocycles. The van der Waals surface area contributed by atoms with Gasteiger partial charge in [-0.1, -0.05) is 35.5 Å². The molecule has 1 unspecified atom stereocenters. The highest BCUT2D eigenvalue weighted by atomic mass is 16.6. The van der Waals surface area contributed by atoms with Gasteiger partial charge in [0.15, 0.2) is 0 Å². The molecule has 0 heterocycles. The molecule has 24 heavy (non-hydrogen) atoms. The van der Waals surface area contributed by atoms with Crippen molar-refractivity contribution in [2.75, 3.05) is 13.7 Å². The molecule has 1 atom stereocenters. The highest BCUT2D eigenvalue weighted by Gasteiger charge is 2.21. The average Bonchev–Trinajstić information content (AvgIpc) is 2.49. The van der Waals surface area contributed by atoms with Crippen molar-refractivity contribution < 1.29 is 19.2 Å². The predicted molar refractivity (Wildman–Crippen MR) is 91.8 cm³/mol. The predicted octanol–water partition coefficient (Wildman–Crippen LogP) is 2.07. The first-order valence-corrected chi connectivity index (χ1v) is 7.65. The van der Waals surface area contributed by atoms with Crippen LogP contribution in [0, 0.1) is 0 Å². The maximum atomic E-state index is 12.1. The van der Waals surface area contributed by atoms with E-state index >= 15 is 0 Å². The van der Waals surface area contributed by atoms with Gasteiger partial charge in [0.1, 0.15) is 24.5 Å². The minimum atomic E-state index is -0.737. The molecule has 1 aromatic rings. The van der Waals surface area contributed by atoms with Gasteiger partial charge in [-0.3, -0.25) is 4.79 Å². The second kappa shape index (κ2) is 8.90. The van der Waals surface area contributed by atoms with Crippen molar-refractivity contribution in [2.45, 2.75) is 39.3 Å². The number of ether oxygens (including phenoxy) is 1. The Balaban J connectivity index is 2.57. The van der Waals surface area contributed by atoms with Gasteiger partial charge in [0.05, 0.1) is 6.54 Å². The molecular weight excluding hydrogens is 310 g/mol.